The molecule has 166 valence electrons. The van der Waals surface area contributed by atoms with Crippen molar-refractivity contribution < 1.29 is 13.9 Å². The van der Waals surface area contributed by atoms with Crippen molar-refractivity contribution in [2.45, 2.75) is 47.6 Å². The number of anilines is 1. The fourth-order valence-electron chi connectivity index (χ4n) is 4.07. The van der Waals surface area contributed by atoms with Gasteiger partial charge in [0.15, 0.2) is 5.65 Å². The van der Waals surface area contributed by atoms with Gasteiger partial charge in [0, 0.05) is 22.9 Å². The van der Waals surface area contributed by atoms with E-state index >= 15 is 0 Å². The van der Waals surface area contributed by atoms with E-state index in [9.17, 15) is 4.79 Å². The average Bonchev–Trinajstić information content (AvgIpc) is 3.32. The fourth-order valence-corrected chi connectivity index (χ4v) is 4.07. The maximum atomic E-state index is 13.5. The Morgan fingerprint density at radius 2 is 1.91 bits per heavy atom. The molecule has 0 fully saturated rings. The van der Waals surface area contributed by atoms with E-state index in [4.69, 9.17) is 14.1 Å². The monoisotopic (exact) mass is 432 g/mol. The van der Waals surface area contributed by atoms with Gasteiger partial charge in [0.1, 0.15) is 17.3 Å². The highest BCUT2D eigenvalue weighted by atomic mass is 16.5. The van der Waals surface area contributed by atoms with Crippen molar-refractivity contribution in [3.8, 4) is 17.0 Å². The summed E-state index contributed by atoms with van der Waals surface area (Å²) in [6.07, 6.45) is 1.71. The number of nitrogens with one attached hydrogen (secondary N) is 1. The van der Waals surface area contributed by atoms with Crippen molar-refractivity contribution in [2.24, 2.45) is 0 Å². The van der Waals surface area contributed by atoms with Gasteiger partial charge in [-0.15, -0.1) is 0 Å². The summed E-state index contributed by atoms with van der Waals surface area (Å²) in [6.45, 7) is 11.8. The van der Waals surface area contributed by atoms with Crippen LogP contribution in [0.2, 0.25) is 0 Å². The second-order valence-electron chi connectivity index (χ2n) is 8.34. The summed E-state index contributed by atoms with van der Waals surface area (Å²) in [4.78, 5) is 18.3. The molecule has 7 heteroatoms. The number of nitrogens with zero attached hydrogens (tertiary/aromatic N) is 3. The third-order valence-corrected chi connectivity index (χ3v) is 5.67. The van der Waals surface area contributed by atoms with Gasteiger partial charge in [-0.05, 0) is 65.3 Å². The highest BCUT2D eigenvalue weighted by Gasteiger charge is 2.21. The first-order valence-electron chi connectivity index (χ1n) is 10.6. The van der Waals surface area contributed by atoms with Crippen LogP contribution in [0.4, 0.5) is 5.69 Å². The maximum Gasteiger partial charge on any atom is 0.256 e. The lowest BCUT2D eigenvalue weighted by atomic mass is 10.1. The number of pyridine rings is 1. The van der Waals surface area contributed by atoms with Crippen LogP contribution >= 0.6 is 0 Å². The number of aryl methyl sites for hydroxylation is 3. The Hall–Kier alpha value is -3.61. The van der Waals surface area contributed by atoms with Gasteiger partial charge >= 0.3 is 0 Å². The minimum atomic E-state index is -0.228. The summed E-state index contributed by atoms with van der Waals surface area (Å²) in [7, 11) is 1.63. The molecule has 0 aliphatic rings. The van der Waals surface area contributed by atoms with E-state index in [-0.39, 0.29) is 11.9 Å². The fraction of sp³-hybridized carbons (Fsp3) is 0.320. The van der Waals surface area contributed by atoms with Crippen LogP contribution < -0.4 is 10.1 Å². The lowest BCUT2D eigenvalue weighted by Crippen LogP contribution is -2.14. The largest absolute Gasteiger partial charge is 0.496 e. The Morgan fingerprint density at radius 3 is 2.53 bits per heavy atom. The molecule has 3 heterocycles. The predicted molar refractivity (Wildman–Crippen MR) is 126 cm³/mol. The SMILES string of the molecule is COc1c(C)ccc(NC(=O)c2cc(-c3cc(C)oc3C)nc3c2cnn3C(C)C)c1C. The van der Waals surface area contributed by atoms with Gasteiger partial charge in [-0.3, -0.25) is 4.79 Å². The lowest BCUT2D eigenvalue weighted by Gasteiger charge is -2.15. The molecule has 4 rings (SSSR count). The van der Waals surface area contributed by atoms with Crippen molar-refractivity contribution in [3.63, 3.8) is 0 Å². The molecule has 0 bridgehead atoms. The van der Waals surface area contributed by atoms with Crippen molar-refractivity contribution in [1.29, 1.82) is 0 Å². The number of aromatic nitrogens is 3. The number of amides is 1. The summed E-state index contributed by atoms with van der Waals surface area (Å²) >= 11 is 0. The number of furan rings is 1. The molecule has 1 N–H and O–H groups in total. The Balaban J connectivity index is 1.86. The molecular weight excluding hydrogens is 404 g/mol. The molecule has 7 nitrogen and oxygen atoms in total. The van der Waals surface area contributed by atoms with Crippen molar-refractivity contribution >= 4 is 22.6 Å². The van der Waals surface area contributed by atoms with Crippen LogP contribution in [0, 0.1) is 27.7 Å². The topological polar surface area (TPSA) is 82.2 Å². The van der Waals surface area contributed by atoms with Crippen molar-refractivity contribution in [2.75, 3.05) is 12.4 Å². The quantitative estimate of drug-likeness (QED) is 0.433. The number of methoxy groups -OCH3 is 1. The van der Waals surface area contributed by atoms with E-state index < -0.39 is 0 Å². The Labute approximate surface area is 187 Å². The molecular formula is C25H28N4O3. The first kappa shape index (κ1) is 21.6. The number of ether oxygens (including phenoxy) is 1. The Morgan fingerprint density at radius 1 is 1.16 bits per heavy atom. The van der Waals surface area contributed by atoms with Gasteiger partial charge in [-0.1, -0.05) is 6.07 Å². The van der Waals surface area contributed by atoms with E-state index in [1.54, 1.807) is 13.3 Å². The average molecular weight is 433 g/mol. The van der Waals surface area contributed by atoms with Gasteiger partial charge in [0.2, 0.25) is 0 Å². The molecule has 0 aliphatic carbocycles. The van der Waals surface area contributed by atoms with E-state index in [1.165, 1.54) is 0 Å². The predicted octanol–water partition coefficient (Wildman–Crippen LogP) is 5.77. The molecule has 4 aromatic rings. The van der Waals surface area contributed by atoms with E-state index in [1.807, 2.05) is 70.5 Å². The number of rotatable bonds is 5. The summed E-state index contributed by atoms with van der Waals surface area (Å²) in [5.41, 5.74) is 5.32. The standard InChI is InChI=1S/C25H28N4O3/c1-13(2)29-24-20(12-26-29)19(11-22(27-24)18-10-15(4)32-17(18)6)25(30)28-21-9-8-14(3)23(31-7)16(21)5/h8-13H,1-7H3,(H,28,30). The number of hydrogen-bond acceptors (Lipinski definition) is 5. The highest BCUT2D eigenvalue weighted by Crippen LogP contribution is 2.32. The zero-order valence-electron chi connectivity index (χ0n) is 19.5. The molecule has 3 aromatic heterocycles. The number of fused-ring (bicyclic) bond motifs is 1. The summed E-state index contributed by atoms with van der Waals surface area (Å²) in [5.74, 6) is 2.09. The second-order valence-corrected chi connectivity index (χ2v) is 8.34. The molecule has 0 saturated heterocycles. The second kappa shape index (κ2) is 8.15. The lowest BCUT2D eigenvalue weighted by molar-refractivity contribution is 0.102. The number of hydrogen-bond donors (Lipinski definition) is 1. The van der Waals surface area contributed by atoms with Crippen LogP contribution in [0.1, 0.15) is 52.9 Å². The molecule has 0 spiro atoms. The first-order chi connectivity index (χ1) is 15.2. The summed E-state index contributed by atoms with van der Waals surface area (Å²) < 4.78 is 13.1. The minimum absolute atomic E-state index is 0.0990. The van der Waals surface area contributed by atoms with Gasteiger partial charge in [0.05, 0.1) is 30.0 Å². The van der Waals surface area contributed by atoms with Gasteiger partial charge in [-0.2, -0.15) is 5.10 Å². The van der Waals surface area contributed by atoms with Gasteiger partial charge in [-0.25, -0.2) is 9.67 Å². The Kier molecular flexibility index (Phi) is 5.50. The maximum absolute atomic E-state index is 13.5. The van der Waals surface area contributed by atoms with E-state index in [0.29, 0.717) is 28.0 Å². The number of benzene rings is 1. The molecule has 32 heavy (non-hydrogen) atoms. The minimum Gasteiger partial charge on any atom is -0.496 e. The smallest absolute Gasteiger partial charge is 0.256 e. The normalized spacial score (nSPS) is 11.4. The molecule has 1 aromatic carbocycles. The molecule has 0 aliphatic heterocycles. The number of carbonyl (C=O) groups excluding carboxylic acids is 1. The van der Waals surface area contributed by atoms with Crippen molar-refractivity contribution in [3.05, 3.63) is 58.7 Å². The van der Waals surface area contributed by atoms with Crippen LogP contribution in [0.25, 0.3) is 22.3 Å². The molecule has 0 saturated carbocycles. The van der Waals surface area contributed by atoms with E-state index in [2.05, 4.69) is 10.4 Å². The van der Waals surface area contributed by atoms with Gasteiger partial charge in [0.25, 0.3) is 5.91 Å². The van der Waals surface area contributed by atoms with E-state index in [0.717, 1.165) is 34.0 Å². The molecule has 1 amide bonds. The summed E-state index contributed by atoms with van der Waals surface area (Å²) in [6, 6.07) is 7.68. The van der Waals surface area contributed by atoms with Crippen LogP contribution in [0.5, 0.6) is 5.75 Å². The van der Waals surface area contributed by atoms with Crippen LogP contribution in [0.3, 0.4) is 0 Å². The number of carbonyl (C=O) groups is 1. The van der Waals surface area contributed by atoms with Crippen LogP contribution in [0.15, 0.2) is 34.9 Å². The zero-order valence-corrected chi connectivity index (χ0v) is 19.5. The zero-order chi connectivity index (χ0) is 23.2. The van der Waals surface area contributed by atoms with Crippen LogP contribution in [-0.4, -0.2) is 27.8 Å². The summed E-state index contributed by atoms with van der Waals surface area (Å²) in [5, 5.41) is 8.25. The third-order valence-electron chi connectivity index (χ3n) is 5.67. The first-order valence-corrected chi connectivity index (χ1v) is 10.6. The third kappa shape index (κ3) is 3.64. The van der Waals surface area contributed by atoms with Crippen molar-refractivity contribution in [1.82, 2.24) is 14.8 Å². The van der Waals surface area contributed by atoms with Crippen LogP contribution in [-0.2, 0) is 0 Å². The molecule has 0 atom stereocenters. The van der Waals surface area contributed by atoms with Gasteiger partial charge < -0.3 is 14.5 Å². The Bertz CT molecular complexity index is 1330. The highest BCUT2D eigenvalue weighted by molar-refractivity contribution is 6.13. The molecule has 0 radical (unpaired) electrons. The molecule has 0 unspecified atom stereocenters.